The Hall–Kier alpha value is -2.28. The topological polar surface area (TPSA) is 69.3 Å². The predicted molar refractivity (Wildman–Crippen MR) is 125 cm³/mol. The van der Waals surface area contributed by atoms with Crippen molar-refractivity contribution in [3.8, 4) is 0 Å². The number of likely N-dealkylation sites (tertiary alicyclic amines) is 1. The van der Waals surface area contributed by atoms with E-state index in [0.29, 0.717) is 13.1 Å². The van der Waals surface area contributed by atoms with Crippen LogP contribution in [0.15, 0.2) is 48.7 Å². The number of carbonyl (C=O) groups excluding carboxylic acids is 1. The molecule has 1 aromatic heterocycles. The van der Waals surface area contributed by atoms with Gasteiger partial charge in [0.05, 0.1) is 11.7 Å². The zero-order valence-corrected chi connectivity index (χ0v) is 18.8. The van der Waals surface area contributed by atoms with Crippen LogP contribution < -0.4 is 16.0 Å². The number of piperidine rings is 1. The van der Waals surface area contributed by atoms with Crippen molar-refractivity contribution in [1.82, 2.24) is 25.8 Å². The second kappa shape index (κ2) is 13.2. The number of amides is 1. The van der Waals surface area contributed by atoms with Gasteiger partial charge in [-0.1, -0.05) is 36.8 Å². The number of pyridine rings is 1. The lowest BCUT2D eigenvalue weighted by Crippen LogP contribution is -2.41. The standard InChI is InChI=1S/C25H37N5O/c1-21(28-20-24-8-3-4-14-27-24)25(31)29-19-23-11-9-22(10-12-23)18-26-13-7-17-30-15-5-2-6-16-30/h3-4,8-12,14,21,26,28H,2,5-7,13,15-20H2,1H3,(H,29,31)/t21-/m0/s1. The highest BCUT2D eigenvalue weighted by Crippen LogP contribution is 2.08. The first-order valence-electron chi connectivity index (χ1n) is 11.6. The van der Waals surface area contributed by atoms with Gasteiger partial charge in [-0.15, -0.1) is 0 Å². The van der Waals surface area contributed by atoms with Crippen LogP contribution >= 0.6 is 0 Å². The van der Waals surface area contributed by atoms with Gasteiger partial charge in [-0.3, -0.25) is 9.78 Å². The van der Waals surface area contributed by atoms with Crippen molar-refractivity contribution in [3.05, 3.63) is 65.5 Å². The van der Waals surface area contributed by atoms with E-state index in [1.165, 1.54) is 50.9 Å². The lowest BCUT2D eigenvalue weighted by atomic mass is 10.1. The van der Waals surface area contributed by atoms with E-state index < -0.39 is 0 Å². The molecule has 1 aromatic carbocycles. The smallest absolute Gasteiger partial charge is 0.237 e. The molecule has 6 heteroatoms. The number of nitrogens with one attached hydrogen (secondary N) is 3. The number of benzene rings is 1. The highest BCUT2D eigenvalue weighted by molar-refractivity contribution is 5.81. The molecule has 1 amide bonds. The molecule has 0 unspecified atom stereocenters. The number of hydrogen-bond donors (Lipinski definition) is 3. The van der Waals surface area contributed by atoms with E-state index >= 15 is 0 Å². The van der Waals surface area contributed by atoms with Crippen LogP contribution in [0.1, 0.15) is 49.4 Å². The molecule has 168 valence electrons. The van der Waals surface area contributed by atoms with Gasteiger partial charge >= 0.3 is 0 Å². The monoisotopic (exact) mass is 423 g/mol. The summed E-state index contributed by atoms with van der Waals surface area (Å²) in [4.78, 5) is 19.2. The Balaban J connectivity index is 1.28. The van der Waals surface area contributed by atoms with Gasteiger partial charge in [0.15, 0.2) is 0 Å². The summed E-state index contributed by atoms with van der Waals surface area (Å²) < 4.78 is 0. The van der Waals surface area contributed by atoms with Gasteiger partial charge in [0.25, 0.3) is 0 Å². The zero-order valence-electron chi connectivity index (χ0n) is 18.8. The minimum absolute atomic E-state index is 0.00428. The van der Waals surface area contributed by atoms with E-state index in [1.54, 1.807) is 6.20 Å². The molecule has 3 N–H and O–H groups in total. The van der Waals surface area contributed by atoms with Crippen molar-refractivity contribution >= 4 is 5.91 Å². The highest BCUT2D eigenvalue weighted by Gasteiger charge is 2.12. The quantitative estimate of drug-likeness (QED) is 0.458. The molecule has 2 aromatic rings. The fourth-order valence-electron chi connectivity index (χ4n) is 3.81. The van der Waals surface area contributed by atoms with Crippen molar-refractivity contribution < 1.29 is 4.79 Å². The SMILES string of the molecule is C[C@H](NCc1ccccn1)C(=O)NCc1ccc(CNCCCN2CCCCC2)cc1. The molecule has 1 atom stereocenters. The van der Waals surface area contributed by atoms with Gasteiger partial charge in [0.2, 0.25) is 5.91 Å². The van der Waals surface area contributed by atoms with Gasteiger partial charge in [-0.25, -0.2) is 0 Å². The Labute approximate surface area is 186 Å². The lowest BCUT2D eigenvalue weighted by Gasteiger charge is -2.26. The summed E-state index contributed by atoms with van der Waals surface area (Å²) in [5, 5.41) is 9.76. The first kappa shape index (κ1) is 23.4. The van der Waals surface area contributed by atoms with E-state index in [1.807, 2.05) is 25.1 Å². The number of hydrogen-bond acceptors (Lipinski definition) is 5. The Bertz CT molecular complexity index is 759. The normalized spacial score (nSPS) is 15.5. The third kappa shape index (κ3) is 8.77. The summed E-state index contributed by atoms with van der Waals surface area (Å²) in [6.07, 6.45) is 7.09. The van der Waals surface area contributed by atoms with Gasteiger partial charge in [-0.05, 0) is 75.6 Å². The fraction of sp³-hybridized carbons (Fsp3) is 0.520. The van der Waals surface area contributed by atoms with Crippen LogP contribution in [0.25, 0.3) is 0 Å². The Kier molecular flexibility index (Phi) is 9.96. The molecule has 1 saturated heterocycles. The third-order valence-corrected chi connectivity index (χ3v) is 5.80. The van der Waals surface area contributed by atoms with E-state index in [0.717, 1.165) is 24.3 Å². The average Bonchev–Trinajstić information content (AvgIpc) is 2.83. The minimum atomic E-state index is -0.268. The molecule has 0 bridgehead atoms. The van der Waals surface area contributed by atoms with Crippen LogP contribution in [0.3, 0.4) is 0 Å². The van der Waals surface area contributed by atoms with Gasteiger partial charge in [0.1, 0.15) is 0 Å². The average molecular weight is 424 g/mol. The van der Waals surface area contributed by atoms with Crippen molar-refractivity contribution in [2.24, 2.45) is 0 Å². The second-order valence-corrected chi connectivity index (χ2v) is 8.39. The van der Waals surface area contributed by atoms with Crippen LogP contribution in [0.2, 0.25) is 0 Å². The first-order chi connectivity index (χ1) is 15.2. The fourth-order valence-corrected chi connectivity index (χ4v) is 3.81. The number of aromatic nitrogens is 1. The van der Waals surface area contributed by atoms with Gasteiger partial charge in [0, 0.05) is 25.8 Å². The van der Waals surface area contributed by atoms with E-state index in [-0.39, 0.29) is 11.9 Å². The van der Waals surface area contributed by atoms with Crippen LogP contribution in [0.4, 0.5) is 0 Å². The van der Waals surface area contributed by atoms with Crippen LogP contribution in [0, 0.1) is 0 Å². The molecule has 3 rings (SSSR count). The van der Waals surface area contributed by atoms with Crippen molar-refractivity contribution in [1.29, 1.82) is 0 Å². The molecule has 1 aliphatic heterocycles. The van der Waals surface area contributed by atoms with Crippen LogP contribution in [-0.4, -0.2) is 48.0 Å². The number of carbonyl (C=O) groups is 1. The first-order valence-corrected chi connectivity index (χ1v) is 11.6. The summed E-state index contributed by atoms with van der Waals surface area (Å²) in [7, 11) is 0. The summed E-state index contributed by atoms with van der Waals surface area (Å²) in [6.45, 7) is 8.69. The van der Waals surface area contributed by atoms with Gasteiger partial charge in [-0.2, -0.15) is 0 Å². The molecular weight excluding hydrogens is 386 g/mol. The summed E-state index contributed by atoms with van der Waals surface area (Å²) >= 11 is 0. The summed E-state index contributed by atoms with van der Waals surface area (Å²) in [5.74, 6) is -0.00428. The minimum Gasteiger partial charge on any atom is -0.351 e. The summed E-state index contributed by atoms with van der Waals surface area (Å²) in [5.41, 5.74) is 3.32. The molecule has 1 aliphatic rings. The second-order valence-electron chi connectivity index (χ2n) is 8.39. The number of rotatable bonds is 12. The molecule has 0 saturated carbocycles. The third-order valence-electron chi connectivity index (χ3n) is 5.80. The maximum absolute atomic E-state index is 12.3. The maximum Gasteiger partial charge on any atom is 0.237 e. The number of nitrogens with zero attached hydrogens (tertiary/aromatic N) is 2. The van der Waals surface area contributed by atoms with Crippen LogP contribution in [-0.2, 0) is 24.4 Å². The zero-order chi connectivity index (χ0) is 21.7. The molecule has 0 radical (unpaired) electrons. The highest BCUT2D eigenvalue weighted by atomic mass is 16.2. The van der Waals surface area contributed by atoms with Crippen molar-refractivity contribution in [2.75, 3.05) is 26.2 Å². The molecule has 1 fully saturated rings. The predicted octanol–water partition coefficient (Wildman–Crippen LogP) is 2.84. The molecule has 0 spiro atoms. The van der Waals surface area contributed by atoms with E-state index in [2.05, 4.69) is 50.1 Å². The largest absolute Gasteiger partial charge is 0.351 e. The lowest BCUT2D eigenvalue weighted by molar-refractivity contribution is -0.122. The van der Waals surface area contributed by atoms with E-state index in [4.69, 9.17) is 0 Å². The molecular formula is C25H37N5O. The van der Waals surface area contributed by atoms with Gasteiger partial charge < -0.3 is 20.9 Å². The van der Waals surface area contributed by atoms with Crippen LogP contribution in [0.5, 0.6) is 0 Å². The maximum atomic E-state index is 12.3. The van der Waals surface area contributed by atoms with E-state index in [9.17, 15) is 4.79 Å². The Morgan fingerprint density at radius 3 is 2.45 bits per heavy atom. The van der Waals surface area contributed by atoms with Crippen molar-refractivity contribution in [2.45, 2.75) is 58.3 Å². The molecule has 6 nitrogen and oxygen atoms in total. The Morgan fingerprint density at radius 2 is 1.74 bits per heavy atom. The molecule has 31 heavy (non-hydrogen) atoms. The molecule has 2 heterocycles. The van der Waals surface area contributed by atoms with Crippen molar-refractivity contribution in [3.63, 3.8) is 0 Å². The summed E-state index contributed by atoms with van der Waals surface area (Å²) in [6, 6.07) is 14.0. The Morgan fingerprint density at radius 1 is 1.00 bits per heavy atom. The molecule has 0 aliphatic carbocycles.